The van der Waals surface area contributed by atoms with Crippen molar-refractivity contribution in [1.29, 1.82) is 0 Å². The van der Waals surface area contributed by atoms with Crippen LogP contribution in [0.1, 0.15) is 46.8 Å². The van der Waals surface area contributed by atoms with Crippen LogP contribution in [-0.4, -0.2) is 58.7 Å². The summed E-state index contributed by atoms with van der Waals surface area (Å²) in [5.41, 5.74) is 0.665. The number of rotatable bonds is 7. The maximum Gasteiger partial charge on any atom is 0.416 e. The lowest BCUT2D eigenvalue weighted by molar-refractivity contribution is -0.137. The number of hydrogen-bond donors (Lipinski definition) is 4. The molecule has 1 aliphatic carbocycles. The molecule has 3 heterocycles. The number of halogens is 3. The Morgan fingerprint density at radius 1 is 1.10 bits per heavy atom. The second-order valence-corrected chi connectivity index (χ2v) is 11.2. The van der Waals surface area contributed by atoms with Gasteiger partial charge in [-0.1, -0.05) is 6.07 Å². The molecule has 12 heteroatoms. The molecule has 5 atom stereocenters. The number of aliphatic hydroxyl groups excluding tert-OH is 1. The van der Waals surface area contributed by atoms with Gasteiger partial charge in [0.25, 0.3) is 5.91 Å². The fraction of sp³-hybridized carbons (Fsp3) is 0.429. The van der Waals surface area contributed by atoms with Crippen LogP contribution in [-0.2, 0) is 11.0 Å². The van der Waals surface area contributed by atoms with Gasteiger partial charge in [-0.3, -0.25) is 14.6 Å². The summed E-state index contributed by atoms with van der Waals surface area (Å²) in [5, 5.41) is 22.5. The highest BCUT2D eigenvalue weighted by atomic mass is 32.1. The van der Waals surface area contributed by atoms with E-state index in [1.165, 1.54) is 17.4 Å². The number of alkyl halides is 3. The van der Waals surface area contributed by atoms with Crippen LogP contribution in [0.2, 0.25) is 0 Å². The molecule has 40 heavy (non-hydrogen) atoms. The molecule has 0 radical (unpaired) electrons. The Morgan fingerprint density at radius 2 is 1.95 bits per heavy atom. The first-order valence-corrected chi connectivity index (χ1v) is 14.1. The Labute approximate surface area is 233 Å². The first-order chi connectivity index (χ1) is 19.2. The van der Waals surface area contributed by atoms with Crippen LogP contribution in [0, 0.1) is 11.8 Å². The molecule has 2 aromatic heterocycles. The molecule has 2 fully saturated rings. The first kappa shape index (κ1) is 28.2. The van der Waals surface area contributed by atoms with Crippen LogP contribution < -0.4 is 16.0 Å². The van der Waals surface area contributed by atoms with Crippen molar-refractivity contribution in [2.75, 3.05) is 19.6 Å². The molecule has 2 aliphatic rings. The van der Waals surface area contributed by atoms with Gasteiger partial charge in [0.15, 0.2) is 0 Å². The molecule has 4 unspecified atom stereocenters. The Bertz CT molecular complexity index is 1340. The summed E-state index contributed by atoms with van der Waals surface area (Å²) in [6.45, 7) is 0.918. The van der Waals surface area contributed by atoms with E-state index in [9.17, 15) is 27.9 Å². The zero-order chi connectivity index (χ0) is 28.3. The topological polar surface area (TPSA) is 116 Å². The predicted molar refractivity (Wildman–Crippen MR) is 144 cm³/mol. The van der Waals surface area contributed by atoms with E-state index in [-0.39, 0.29) is 35.9 Å². The summed E-state index contributed by atoms with van der Waals surface area (Å²) in [5.74, 6) is -0.993. The third-order valence-electron chi connectivity index (χ3n) is 7.78. The largest absolute Gasteiger partial charge is 0.416 e. The quantitative estimate of drug-likeness (QED) is 0.343. The molecular formula is C28H30F3N5O3S. The highest BCUT2D eigenvalue weighted by Gasteiger charge is 2.41. The lowest BCUT2D eigenvalue weighted by Crippen LogP contribution is -2.47. The van der Waals surface area contributed by atoms with E-state index in [1.54, 1.807) is 12.4 Å². The van der Waals surface area contributed by atoms with Crippen LogP contribution in [0.5, 0.6) is 0 Å². The minimum Gasteiger partial charge on any atom is -0.392 e. The number of aromatic nitrogens is 2. The maximum absolute atomic E-state index is 13.0. The summed E-state index contributed by atoms with van der Waals surface area (Å²) >= 11 is 1.53. The smallest absolute Gasteiger partial charge is 0.392 e. The molecule has 3 aromatic rings. The molecule has 5 rings (SSSR count). The van der Waals surface area contributed by atoms with Gasteiger partial charge in [0.1, 0.15) is 5.01 Å². The van der Waals surface area contributed by atoms with E-state index >= 15 is 0 Å². The molecule has 0 bridgehead atoms. The van der Waals surface area contributed by atoms with Gasteiger partial charge in [-0.05, 0) is 61.4 Å². The molecule has 0 spiro atoms. The van der Waals surface area contributed by atoms with E-state index in [0.29, 0.717) is 25.9 Å². The normalized spacial score (nSPS) is 24.9. The van der Waals surface area contributed by atoms with Crippen molar-refractivity contribution >= 4 is 23.2 Å². The van der Waals surface area contributed by atoms with Gasteiger partial charge >= 0.3 is 6.18 Å². The molecule has 1 aromatic carbocycles. The van der Waals surface area contributed by atoms with Gasteiger partial charge in [-0.25, -0.2) is 4.98 Å². The predicted octanol–water partition coefficient (Wildman–Crippen LogP) is 3.60. The lowest BCUT2D eigenvalue weighted by Gasteiger charge is -2.38. The molecule has 212 valence electrons. The number of nitrogens with one attached hydrogen (secondary N) is 3. The van der Waals surface area contributed by atoms with E-state index in [1.807, 2.05) is 17.5 Å². The minimum absolute atomic E-state index is 0.116. The summed E-state index contributed by atoms with van der Waals surface area (Å²) in [6.07, 6.45) is 0.522. The second-order valence-electron chi connectivity index (χ2n) is 10.3. The van der Waals surface area contributed by atoms with Gasteiger partial charge in [-0.2, -0.15) is 13.2 Å². The zero-order valence-corrected chi connectivity index (χ0v) is 22.3. The van der Waals surface area contributed by atoms with Crippen LogP contribution in [0.4, 0.5) is 13.2 Å². The monoisotopic (exact) mass is 573 g/mol. The van der Waals surface area contributed by atoms with E-state index < -0.39 is 29.7 Å². The number of carbonyl (C=O) groups is 2. The number of thiazole rings is 1. The van der Waals surface area contributed by atoms with E-state index in [4.69, 9.17) is 0 Å². The minimum atomic E-state index is -4.56. The number of amides is 2. The highest BCUT2D eigenvalue weighted by Crippen LogP contribution is 2.43. The van der Waals surface area contributed by atoms with E-state index in [2.05, 4.69) is 25.9 Å². The summed E-state index contributed by atoms with van der Waals surface area (Å²) in [6, 6.07) is 7.75. The summed E-state index contributed by atoms with van der Waals surface area (Å²) in [7, 11) is 0. The fourth-order valence-electron chi connectivity index (χ4n) is 5.83. The van der Waals surface area contributed by atoms with Crippen molar-refractivity contribution in [2.24, 2.45) is 11.8 Å². The highest BCUT2D eigenvalue weighted by molar-refractivity contribution is 7.13. The average Bonchev–Trinajstić information content (AvgIpc) is 3.65. The maximum atomic E-state index is 13.0. The third-order valence-corrected chi connectivity index (χ3v) is 8.59. The number of pyridine rings is 1. The Kier molecular flexibility index (Phi) is 8.48. The Hall–Kier alpha value is -3.35. The van der Waals surface area contributed by atoms with Crippen LogP contribution in [0.15, 0.2) is 54.2 Å². The second kappa shape index (κ2) is 12.0. The number of carbonyl (C=O) groups excluding carboxylic acids is 2. The summed E-state index contributed by atoms with van der Waals surface area (Å²) < 4.78 is 38.9. The van der Waals surface area contributed by atoms with Gasteiger partial charge in [0, 0.05) is 53.9 Å². The third kappa shape index (κ3) is 6.34. The van der Waals surface area contributed by atoms with Crippen molar-refractivity contribution in [2.45, 2.75) is 43.5 Å². The molecular weight excluding hydrogens is 543 g/mol. The van der Waals surface area contributed by atoms with Gasteiger partial charge in [0.05, 0.1) is 23.9 Å². The lowest BCUT2D eigenvalue weighted by atomic mass is 9.70. The molecule has 1 saturated heterocycles. The van der Waals surface area contributed by atoms with Crippen LogP contribution >= 0.6 is 11.3 Å². The SMILES string of the molecule is O=C(CNC(=O)c1cccc(C(F)(F)F)c1)N[C@H]1CNCC1C1CCC(O)C(c2ncccc2-c2nccs2)C1. The Balaban J connectivity index is 1.20. The molecule has 1 aliphatic heterocycles. The van der Waals surface area contributed by atoms with Gasteiger partial charge in [-0.15, -0.1) is 11.3 Å². The van der Waals surface area contributed by atoms with Crippen LogP contribution in [0.3, 0.4) is 0 Å². The number of aliphatic hydroxyl groups is 1. The Morgan fingerprint density at radius 3 is 2.73 bits per heavy atom. The van der Waals surface area contributed by atoms with Crippen molar-refractivity contribution < 1.29 is 27.9 Å². The number of benzene rings is 1. The standard InChI is InChI=1S/C28H30F3N5O3S/c29-28(30,31)18-4-1-3-17(11-18)26(39)35-15-24(38)36-22-14-32-13-21(22)16-6-7-23(37)20(12-16)25-19(5-2-8-33-25)27-34-9-10-40-27/h1-5,8-11,16,20-23,32,37H,6-7,12-15H2,(H,35,39)(H,36,38)/t16?,20?,21?,22-,23?/m0/s1. The average molecular weight is 574 g/mol. The molecule has 4 N–H and O–H groups in total. The first-order valence-electron chi connectivity index (χ1n) is 13.2. The van der Waals surface area contributed by atoms with Crippen molar-refractivity contribution in [3.63, 3.8) is 0 Å². The van der Waals surface area contributed by atoms with Crippen molar-refractivity contribution in [3.05, 3.63) is 71.0 Å². The van der Waals surface area contributed by atoms with E-state index in [0.717, 1.165) is 40.9 Å². The molecule has 1 saturated carbocycles. The van der Waals surface area contributed by atoms with Crippen molar-refractivity contribution in [3.8, 4) is 10.6 Å². The summed E-state index contributed by atoms with van der Waals surface area (Å²) in [4.78, 5) is 34.2. The number of hydrogen-bond acceptors (Lipinski definition) is 7. The van der Waals surface area contributed by atoms with Gasteiger partial charge in [0.2, 0.25) is 5.91 Å². The molecule has 2 amide bonds. The van der Waals surface area contributed by atoms with Crippen molar-refractivity contribution in [1.82, 2.24) is 25.9 Å². The zero-order valence-electron chi connectivity index (χ0n) is 21.5. The van der Waals surface area contributed by atoms with Gasteiger partial charge < -0.3 is 21.1 Å². The number of nitrogens with zero attached hydrogens (tertiary/aromatic N) is 2. The molecule has 8 nitrogen and oxygen atoms in total. The van der Waals surface area contributed by atoms with Crippen LogP contribution in [0.25, 0.3) is 10.6 Å². The fourth-order valence-corrected chi connectivity index (χ4v) is 6.50.